The number of hydrogen-bond donors (Lipinski definition) is 5. The lowest BCUT2D eigenvalue weighted by Crippen LogP contribution is -2.55. The fraction of sp³-hybridized carbons (Fsp3) is 0.929. The van der Waals surface area contributed by atoms with Crippen LogP contribution < -0.4 is 10.6 Å². The van der Waals surface area contributed by atoms with Crippen molar-refractivity contribution in [2.45, 2.75) is 70.9 Å². The lowest BCUT2D eigenvalue weighted by atomic mass is 9.81. The van der Waals surface area contributed by atoms with Gasteiger partial charge in [-0.05, 0) is 25.7 Å². The van der Waals surface area contributed by atoms with Gasteiger partial charge in [0.2, 0.25) is 5.91 Å². The first-order valence-corrected chi connectivity index (χ1v) is 7.02. The second-order valence-corrected chi connectivity index (χ2v) is 7.53. The van der Waals surface area contributed by atoms with Crippen molar-refractivity contribution in [3.8, 4) is 0 Å². The van der Waals surface area contributed by atoms with Crippen LogP contribution in [0.4, 0.5) is 0 Å². The predicted octanol–water partition coefficient (Wildman–Crippen LogP) is -0.206. The Balaban J connectivity index is 0.00000400. The molecule has 1 amide bonds. The van der Waals surface area contributed by atoms with Gasteiger partial charge in [-0.3, -0.25) is 10.1 Å². The number of hydrogen-bond acceptors (Lipinski definition) is 5. The summed E-state index contributed by atoms with van der Waals surface area (Å²) in [6.07, 6.45) is -1.57. The van der Waals surface area contributed by atoms with E-state index < -0.39 is 29.8 Å². The Morgan fingerprint density at radius 3 is 2.05 bits per heavy atom. The van der Waals surface area contributed by atoms with E-state index in [1.54, 1.807) is 0 Å². The number of rotatable bonds is 4. The maximum Gasteiger partial charge on any atom is 0.240 e. The van der Waals surface area contributed by atoms with E-state index >= 15 is 0 Å². The summed E-state index contributed by atoms with van der Waals surface area (Å²) in [6.45, 7) is 9.81. The van der Waals surface area contributed by atoms with Gasteiger partial charge in [-0.2, -0.15) is 0 Å². The summed E-state index contributed by atoms with van der Waals surface area (Å²) < 4.78 is 0. The van der Waals surface area contributed by atoms with Crippen molar-refractivity contribution >= 4 is 18.3 Å². The van der Waals surface area contributed by atoms with Crippen LogP contribution in [0.1, 0.15) is 41.0 Å². The van der Waals surface area contributed by atoms with Crippen LogP contribution in [0.25, 0.3) is 0 Å². The largest absolute Gasteiger partial charge is 0.395 e. The summed E-state index contributed by atoms with van der Waals surface area (Å²) in [5.41, 5.74) is -0.357. The van der Waals surface area contributed by atoms with Crippen LogP contribution in [-0.2, 0) is 4.79 Å². The number of halogens is 1. The Bertz CT molecular complexity index is 357. The highest BCUT2D eigenvalue weighted by molar-refractivity contribution is 5.85. The van der Waals surface area contributed by atoms with Crippen molar-refractivity contribution in [1.29, 1.82) is 0 Å². The van der Waals surface area contributed by atoms with Gasteiger partial charge in [0.25, 0.3) is 0 Å². The molecule has 0 aromatic rings. The molecule has 1 saturated heterocycles. The number of carbonyl (C=O) groups is 1. The molecule has 4 atom stereocenters. The first-order valence-electron chi connectivity index (χ1n) is 7.02. The number of amides is 1. The standard InChI is InChI=1S/C14H28N2O4.ClH/c1-13(2,3)7-14(4,5)16-12(20)9-11(19)10(18)8(6-17)15-9;/h8-11,15,17-19H,6-7H2,1-5H3,(H,16,20);1H/t8-,9-,10-,11-;/m0./s1. The minimum atomic E-state index is -1.21. The highest BCUT2D eigenvalue weighted by Gasteiger charge is 2.45. The third-order valence-electron chi connectivity index (χ3n) is 3.41. The first kappa shape index (κ1) is 20.6. The van der Waals surface area contributed by atoms with Crippen LogP contribution in [0, 0.1) is 5.41 Å². The van der Waals surface area contributed by atoms with E-state index in [1.165, 1.54) is 0 Å². The Kier molecular flexibility index (Phi) is 7.10. The van der Waals surface area contributed by atoms with Crippen molar-refractivity contribution in [2.75, 3.05) is 6.61 Å². The molecule has 0 aromatic carbocycles. The Hall–Kier alpha value is -0.400. The van der Waals surface area contributed by atoms with Gasteiger partial charge in [-0.15, -0.1) is 12.4 Å². The molecule has 0 unspecified atom stereocenters. The van der Waals surface area contributed by atoms with Gasteiger partial charge in [-0.1, -0.05) is 20.8 Å². The molecule has 126 valence electrons. The highest BCUT2D eigenvalue weighted by Crippen LogP contribution is 2.27. The van der Waals surface area contributed by atoms with Gasteiger partial charge in [0.05, 0.1) is 18.8 Å². The van der Waals surface area contributed by atoms with Gasteiger partial charge in [0.15, 0.2) is 0 Å². The second kappa shape index (κ2) is 7.24. The minimum Gasteiger partial charge on any atom is -0.395 e. The maximum atomic E-state index is 12.2. The van der Waals surface area contributed by atoms with Crippen LogP contribution in [0.5, 0.6) is 0 Å². The van der Waals surface area contributed by atoms with Crippen LogP contribution in [0.2, 0.25) is 0 Å². The van der Waals surface area contributed by atoms with Crippen LogP contribution in [0.3, 0.4) is 0 Å². The summed E-state index contributed by atoms with van der Waals surface area (Å²) in [4.78, 5) is 12.2. The molecule has 1 rings (SSSR count). The topological polar surface area (TPSA) is 102 Å². The average Bonchev–Trinajstić information content (AvgIpc) is 2.51. The molecule has 0 spiro atoms. The molecule has 0 aromatic heterocycles. The Labute approximate surface area is 132 Å². The molecule has 0 radical (unpaired) electrons. The zero-order valence-corrected chi connectivity index (χ0v) is 14.2. The van der Waals surface area contributed by atoms with Crippen molar-refractivity contribution in [3.05, 3.63) is 0 Å². The molecule has 0 aliphatic carbocycles. The number of aliphatic hydroxyl groups is 3. The molecule has 7 heteroatoms. The lowest BCUT2D eigenvalue weighted by Gasteiger charge is -2.34. The van der Waals surface area contributed by atoms with Crippen molar-refractivity contribution in [1.82, 2.24) is 10.6 Å². The normalized spacial score (nSPS) is 29.9. The molecular formula is C14H29ClN2O4. The Morgan fingerprint density at radius 2 is 1.67 bits per heavy atom. The van der Waals surface area contributed by atoms with Gasteiger partial charge in [0, 0.05) is 5.54 Å². The minimum absolute atomic E-state index is 0. The molecular weight excluding hydrogens is 296 g/mol. The average molecular weight is 325 g/mol. The summed E-state index contributed by atoms with van der Waals surface area (Å²) in [5.74, 6) is -0.359. The van der Waals surface area contributed by atoms with E-state index in [9.17, 15) is 15.0 Å². The van der Waals surface area contributed by atoms with Crippen LogP contribution >= 0.6 is 12.4 Å². The van der Waals surface area contributed by atoms with Gasteiger partial charge in [0.1, 0.15) is 12.1 Å². The van der Waals surface area contributed by atoms with Gasteiger partial charge >= 0.3 is 0 Å². The summed E-state index contributed by atoms with van der Waals surface area (Å²) >= 11 is 0. The highest BCUT2D eigenvalue weighted by atomic mass is 35.5. The summed E-state index contributed by atoms with van der Waals surface area (Å²) in [7, 11) is 0. The fourth-order valence-electron chi connectivity index (χ4n) is 3.04. The monoisotopic (exact) mass is 324 g/mol. The molecule has 21 heavy (non-hydrogen) atoms. The van der Waals surface area contributed by atoms with Crippen molar-refractivity contribution < 1.29 is 20.1 Å². The SMILES string of the molecule is CC(C)(C)CC(C)(C)NC(=O)[C@H]1N[C@@H](CO)[C@H](O)[C@H]1O.Cl. The molecule has 6 nitrogen and oxygen atoms in total. The maximum absolute atomic E-state index is 12.2. The third-order valence-corrected chi connectivity index (χ3v) is 3.41. The zero-order valence-electron chi connectivity index (χ0n) is 13.4. The predicted molar refractivity (Wildman–Crippen MR) is 83.4 cm³/mol. The van der Waals surface area contributed by atoms with E-state index in [2.05, 4.69) is 31.4 Å². The molecule has 1 aliphatic rings. The molecule has 1 heterocycles. The second-order valence-electron chi connectivity index (χ2n) is 7.53. The van der Waals surface area contributed by atoms with Gasteiger partial charge in [-0.25, -0.2) is 0 Å². The van der Waals surface area contributed by atoms with E-state index in [0.717, 1.165) is 6.42 Å². The van der Waals surface area contributed by atoms with Crippen LogP contribution in [0.15, 0.2) is 0 Å². The molecule has 5 N–H and O–H groups in total. The fourth-order valence-corrected chi connectivity index (χ4v) is 3.04. The van der Waals surface area contributed by atoms with Crippen LogP contribution in [-0.4, -0.2) is 57.7 Å². The quantitative estimate of drug-likeness (QED) is 0.493. The molecule has 0 saturated carbocycles. The molecule has 1 fully saturated rings. The van der Waals surface area contributed by atoms with E-state index in [1.807, 2.05) is 13.8 Å². The van der Waals surface area contributed by atoms with E-state index in [-0.39, 0.29) is 30.3 Å². The number of carbonyl (C=O) groups excluding carboxylic acids is 1. The number of nitrogens with one attached hydrogen (secondary N) is 2. The summed E-state index contributed by atoms with van der Waals surface area (Å²) in [5, 5.41) is 34.3. The van der Waals surface area contributed by atoms with E-state index in [0.29, 0.717) is 0 Å². The van der Waals surface area contributed by atoms with E-state index in [4.69, 9.17) is 5.11 Å². The van der Waals surface area contributed by atoms with Crippen molar-refractivity contribution in [2.24, 2.45) is 5.41 Å². The van der Waals surface area contributed by atoms with Crippen molar-refractivity contribution in [3.63, 3.8) is 0 Å². The van der Waals surface area contributed by atoms with Gasteiger partial charge < -0.3 is 20.6 Å². The lowest BCUT2D eigenvalue weighted by molar-refractivity contribution is -0.127. The summed E-state index contributed by atoms with van der Waals surface area (Å²) in [6, 6.07) is -1.58. The number of aliphatic hydroxyl groups excluding tert-OH is 3. The third kappa shape index (κ3) is 5.71. The first-order chi connectivity index (χ1) is 8.97. The smallest absolute Gasteiger partial charge is 0.240 e. The Morgan fingerprint density at radius 1 is 1.14 bits per heavy atom. The zero-order chi connectivity index (χ0) is 15.7. The molecule has 0 bridgehead atoms. The molecule has 1 aliphatic heterocycles.